The van der Waals surface area contributed by atoms with Gasteiger partial charge in [0.1, 0.15) is 5.60 Å². The van der Waals surface area contributed by atoms with Crippen molar-refractivity contribution in [1.82, 2.24) is 0 Å². The molecule has 0 aromatic heterocycles. The summed E-state index contributed by atoms with van der Waals surface area (Å²) >= 11 is 0. The highest BCUT2D eigenvalue weighted by Crippen LogP contribution is 2.60. The minimum Gasteiger partial charge on any atom is -0.459 e. The Morgan fingerprint density at radius 1 is 0.955 bits per heavy atom. The van der Waals surface area contributed by atoms with Gasteiger partial charge in [0.2, 0.25) is 0 Å². The smallest absolute Gasteiger partial charge is 0.306 e. The third-order valence-corrected chi connectivity index (χ3v) is 7.26. The van der Waals surface area contributed by atoms with Crippen LogP contribution in [0.1, 0.15) is 97.3 Å². The second-order valence-corrected chi connectivity index (χ2v) is 8.38. The molecule has 2 bridgehead atoms. The average molecular weight is 306 g/mol. The molecule has 0 aromatic carbocycles. The number of carbonyl (C=O) groups excluding carboxylic acids is 1. The number of esters is 1. The van der Waals surface area contributed by atoms with Crippen LogP contribution in [0.5, 0.6) is 0 Å². The van der Waals surface area contributed by atoms with E-state index in [1.54, 1.807) is 0 Å². The molecule has 0 unspecified atom stereocenters. The van der Waals surface area contributed by atoms with E-state index in [0.717, 1.165) is 31.1 Å². The van der Waals surface area contributed by atoms with E-state index < -0.39 is 0 Å². The second-order valence-electron chi connectivity index (χ2n) is 8.38. The van der Waals surface area contributed by atoms with Crippen molar-refractivity contribution in [2.45, 2.75) is 103 Å². The Kier molecular flexibility index (Phi) is 4.85. The lowest BCUT2D eigenvalue weighted by atomic mass is 9.51. The SMILES string of the molecule is CCCC1CCC(C23CCC(OC(=O)CC)(CC2)CC3)CC1. The molecule has 0 aromatic rings. The number of rotatable bonds is 5. The molecule has 4 aliphatic rings. The fraction of sp³-hybridized carbons (Fsp3) is 0.950. The zero-order valence-corrected chi connectivity index (χ0v) is 14.7. The van der Waals surface area contributed by atoms with Crippen molar-refractivity contribution in [3.63, 3.8) is 0 Å². The molecule has 4 aliphatic carbocycles. The number of ether oxygens (including phenoxy) is 1. The van der Waals surface area contributed by atoms with Crippen LogP contribution in [0.25, 0.3) is 0 Å². The molecule has 126 valence electrons. The Morgan fingerprint density at radius 3 is 2.05 bits per heavy atom. The van der Waals surface area contributed by atoms with Crippen LogP contribution >= 0.6 is 0 Å². The summed E-state index contributed by atoms with van der Waals surface area (Å²) in [4.78, 5) is 11.7. The van der Waals surface area contributed by atoms with E-state index in [1.807, 2.05) is 6.92 Å². The first kappa shape index (κ1) is 16.3. The fourth-order valence-corrected chi connectivity index (χ4v) is 5.73. The Balaban J connectivity index is 1.56. The average Bonchev–Trinajstić information content (AvgIpc) is 2.57. The van der Waals surface area contributed by atoms with Crippen molar-refractivity contribution in [2.24, 2.45) is 17.3 Å². The van der Waals surface area contributed by atoms with Gasteiger partial charge in [-0.15, -0.1) is 0 Å². The van der Waals surface area contributed by atoms with Crippen LogP contribution in [0.4, 0.5) is 0 Å². The van der Waals surface area contributed by atoms with Gasteiger partial charge in [0.25, 0.3) is 0 Å². The predicted molar refractivity (Wildman–Crippen MR) is 89.6 cm³/mol. The van der Waals surface area contributed by atoms with Gasteiger partial charge >= 0.3 is 5.97 Å². The molecule has 4 saturated carbocycles. The van der Waals surface area contributed by atoms with Crippen molar-refractivity contribution in [3.8, 4) is 0 Å². The molecule has 0 spiro atoms. The third-order valence-electron chi connectivity index (χ3n) is 7.26. The quantitative estimate of drug-likeness (QED) is 0.614. The van der Waals surface area contributed by atoms with Crippen LogP contribution in [0.2, 0.25) is 0 Å². The van der Waals surface area contributed by atoms with Gasteiger partial charge in [-0.3, -0.25) is 4.79 Å². The monoisotopic (exact) mass is 306 g/mol. The standard InChI is InChI=1S/C20H34O2/c1-3-5-16-6-8-17(9-7-16)19-10-13-20(14-11-19,15-12-19)22-18(21)4-2/h16-17H,3-15H2,1-2H3. The number of carbonyl (C=O) groups is 1. The molecular formula is C20H34O2. The largest absolute Gasteiger partial charge is 0.459 e. The summed E-state index contributed by atoms with van der Waals surface area (Å²) in [7, 11) is 0. The molecule has 0 radical (unpaired) electrons. The van der Waals surface area contributed by atoms with Crippen molar-refractivity contribution >= 4 is 5.97 Å². The van der Waals surface area contributed by atoms with Crippen LogP contribution in [0, 0.1) is 17.3 Å². The van der Waals surface area contributed by atoms with Crippen LogP contribution in [-0.4, -0.2) is 11.6 Å². The zero-order chi connectivity index (χ0) is 15.6. The van der Waals surface area contributed by atoms with E-state index in [9.17, 15) is 4.79 Å². The van der Waals surface area contributed by atoms with Gasteiger partial charge in [-0.2, -0.15) is 0 Å². The fourth-order valence-electron chi connectivity index (χ4n) is 5.73. The Hall–Kier alpha value is -0.530. The molecule has 22 heavy (non-hydrogen) atoms. The molecule has 4 rings (SSSR count). The van der Waals surface area contributed by atoms with E-state index in [1.165, 1.54) is 57.8 Å². The third kappa shape index (κ3) is 3.08. The first-order valence-corrected chi connectivity index (χ1v) is 9.83. The molecule has 0 atom stereocenters. The first-order chi connectivity index (χ1) is 10.6. The van der Waals surface area contributed by atoms with E-state index in [4.69, 9.17) is 4.74 Å². The molecule has 4 fully saturated rings. The van der Waals surface area contributed by atoms with Gasteiger partial charge in [-0.1, -0.05) is 39.5 Å². The van der Waals surface area contributed by atoms with Crippen molar-refractivity contribution < 1.29 is 9.53 Å². The van der Waals surface area contributed by atoms with Gasteiger partial charge in [-0.05, 0) is 68.6 Å². The Labute approximate surface area is 136 Å². The van der Waals surface area contributed by atoms with Crippen molar-refractivity contribution in [3.05, 3.63) is 0 Å². The lowest BCUT2D eigenvalue weighted by molar-refractivity contribution is -0.182. The summed E-state index contributed by atoms with van der Waals surface area (Å²) in [6, 6.07) is 0. The van der Waals surface area contributed by atoms with Gasteiger partial charge in [-0.25, -0.2) is 0 Å². The minimum absolute atomic E-state index is 0.00877. The molecule has 0 heterocycles. The molecule has 0 aliphatic heterocycles. The van der Waals surface area contributed by atoms with Crippen molar-refractivity contribution in [2.75, 3.05) is 0 Å². The summed E-state index contributed by atoms with van der Waals surface area (Å²) in [5, 5.41) is 0. The highest BCUT2D eigenvalue weighted by atomic mass is 16.6. The molecule has 0 saturated heterocycles. The van der Waals surface area contributed by atoms with E-state index in [-0.39, 0.29) is 11.6 Å². The minimum atomic E-state index is -0.0751. The topological polar surface area (TPSA) is 26.3 Å². The van der Waals surface area contributed by atoms with Crippen LogP contribution in [0.3, 0.4) is 0 Å². The maximum Gasteiger partial charge on any atom is 0.306 e. The number of hydrogen-bond acceptors (Lipinski definition) is 2. The second kappa shape index (κ2) is 6.53. The summed E-state index contributed by atoms with van der Waals surface area (Å²) in [6.45, 7) is 4.23. The zero-order valence-electron chi connectivity index (χ0n) is 14.7. The predicted octanol–water partition coefficient (Wildman–Crippen LogP) is 5.64. The van der Waals surface area contributed by atoms with Gasteiger partial charge < -0.3 is 4.74 Å². The molecule has 2 nitrogen and oxygen atoms in total. The number of hydrogen-bond donors (Lipinski definition) is 0. The van der Waals surface area contributed by atoms with Gasteiger partial charge in [0, 0.05) is 6.42 Å². The van der Waals surface area contributed by atoms with Gasteiger partial charge in [0.05, 0.1) is 0 Å². The van der Waals surface area contributed by atoms with Crippen LogP contribution < -0.4 is 0 Å². The Bertz CT molecular complexity index is 368. The molecule has 0 amide bonds. The Morgan fingerprint density at radius 2 is 1.55 bits per heavy atom. The summed E-state index contributed by atoms with van der Waals surface area (Å²) in [6.07, 6.45) is 16.5. The van der Waals surface area contributed by atoms with Gasteiger partial charge in [0.15, 0.2) is 0 Å². The molecular weight excluding hydrogens is 272 g/mol. The summed E-state index contributed by atoms with van der Waals surface area (Å²) in [5.41, 5.74) is 0.534. The van der Waals surface area contributed by atoms with Crippen molar-refractivity contribution in [1.29, 1.82) is 0 Å². The van der Waals surface area contributed by atoms with E-state index in [0.29, 0.717) is 11.8 Å². The highest BCUT2D eigenvalue weighted by Gasteiger charge is 2.53. The van der Waals surface area contributed by atoms with Crippen LogP contribution in [-0.2, 0) is 9.53 Å². The summed E-state index contributed by atoms with van der Waals surface area (Å²) < 4.78 is 5.86. The van der Waals surface area contributed by atoms with E-state index >= 15 is 0 Å². The maximum atomic E-state index is 11.7. The summed E-state index contributed by atoms with van der Waals surface area (Å²) in [5.74, 6) is 1.98. The lowest BCUT2D eigenvalue weighted by Crippen LogP contribution is -2.51. The van der Waals surface area contributed by atoms with E-state index in [2.05, 4.69) is 6.92 Å². The maximum absolute atomic E-state index is 11.7. The number of fused-ring (bicyclic) bond motifs is 3. The highest BCUT2D eigenvalue weighted by molar-refractivity contribution is 5.69. The normalized spacial score (nSPS) is 41.4. The van der Waals surface area contributed by atoms with Crippen LogP contribution in [0.15, 0.2) is 0 Å². The molecule has 2 heteroatoms. The molecule has 0 N–H and O–H groups in total. The lowest BCUT2D eigenvalue weighted by Gasteiger charge is -2.56. The first-order valence-electron chi connectivity index (χ1n) is 9.83.